The number of benzene rings is 1. The van der Waals surface area contributed by atoms with Crippen LogP contribution in [0.5, 0.6) is 0 Å². The third-order valence-corrected chi connectivity index (χ3v) is 3.94. The highest BCUT2D eigenvalue weighted by Gasteiger charge is 2.02. The van der Waals surface area contributed by atoms with Crippen LogP contribution in [0.25, 0.3) is 5.69 Å². The van der Waals surface area contributed by atoms with E-state index in [-0.39, 0.29) is 0 Å². The number of aryl methyl sites for hydroxylation is 1. The zero-order valence-electron chi connectivity index (χ0n) is 15.1. The van der Waals surface area contributed by atoms with Crippen LogP contribution in [-0.4, -0.2) is 43.6 Å². The third-order valence-electron chi connectivity index (χ3n) is 3.94. The van der Waals surface area contributed by atoms with Gasteiger partial charge in [-0.25, -0.2) is 9.67 Å². The predicted octanol–water partition coefficient (Wildman–Crippen LogP) is 1.30. The van der Waals surface area contributed by atoms with E-state index in [9.17, 15) is 0 Å². The van der Waals surface area contributed by atoms with E-state index in [1.807, 2.05) is 35.5 Å². The first kappa shape index (κ1) is 17.7. The Balaban J connectivity index is 1.52. The number of aliphatic imine (C=N–C) groups is 1. The summed E-state index contributed by atoms with van der Waals surface area (Å²) in [5.74, 6) is 1.61. The second-order valence-electron chi connectivity index (χ2n) is 5.85. The molecule has 3 aromatic rings. The first-order valence-electron chi connectivity index (χ1n) is 8.70. The maximum atomic E-state index is 4.56. The van der Waals surface area contributed by atoms with Crippen molar-refractivity contribution in [3.05, 3.63) is 60.4 Å². The van der Waals surface area contributed by atoms with Gasteiger partial charge in [0.2, 0.25) is 0 Å². The summed E-state index contributed by atoms with van der Waals surface area (Å²) in [6, 6.07) is 10.3. The summed E-state index contributed by atoms with van der Waals surface area (Å²) in [6.07, 6.45) is 6.30. The highest BCUT2D eigenvalue weighted by Crippen LogP contribution is 2.08. The van der Waals surface area contributed by atoms with Crippen molar-refractivity contribution in [2.24, 2.45) is 12.0 Å². The molecule has 0 unspecified atom stereocenters. The second kappa shape index (κ2) is 8.80. The Morgan fingerprint density at radius 3 is 2.69 bits per heavy atom. The van der Waals surface area contributed by atoms with Crippen LogP contribution in [0.1, 0.15) is 18.3 Å². The predicted molar refractivity (Wildman–Crippen MR) is 101 cm³/mol. The van der Waals surface area contributed by atoms with Crippen molar-refractivity contribution < 1.29 is 0 Å². The number of guanidine groups is 1. The first-order chi connectivity index (χ1) is 12.8. The average molecular weight is 352 g/mol. The maximum absolute atomic E-state index is 4.56. The average Bonchev–Trinajstić information content (AvgIpc) is 3.32. The second-order valence-corrected chi connectivity index (χ2v) is 5.85. The molecule has 8 nitrogen and oxygen atoms in total. The van der Waals surface area contributed by atoms with Gasteiger partial charge >= 0.3 is 0 Å². The third kappa shape index (κ3) is 4.69. The Labute approximate surface area is 153 Å². The van der Waals surface area contributed by atoms with Crippen molar-refractivity contribution in [3.8, 4) is 5.69 Å². The number of nitrogens with one attached hydrogen (secondary N) is 2. The van der Waals surface area contributed by atoms with Gasteiger partial charge in [0, 0.05) is 32.5 Å². The number of nitrogens with zero attached hydrogens (tertiary/aromatic N) is 6. The molecule has 1 aromatic carbocycles. The molecule has 2 heterocycles. The van der Waals surface area contributed by atoms with Gasteiger partial charge in [-0.3, -0.25) is 0 Å². The van der Waals surface area contributed by atoms with Crippen molar-refractivity contribution >= 4 is 5.96 Å². The van der Waals surface area contributed by atoms with Gasteiger partial charge in [0.15, 0.2) is 11.8 Å². The smallest absolute Gasteiger partial charge is 0.191 e. The molecule has 0 aliphatic heterocycles. The molecule has 2 N–H and O–H groups in total. The SMILES string of the molecule is CCNC(=NCc1nncn1C)NCCc1ccc(-n2cccn2)cc1. The van der Waals surface area contributed by atoms with E-state index in [0.29, 0.717) is 6.54 Å². The van der Waals surface area contributed by atoms with Crippen molar-refractivity contribution in [3.63, 3.8) is 0 Å². The zero-order chi connectivity index (χ0) is 18.2. The van der Waals surface area contributed by atoms with Crippen molar-refractivity contribution in [2.45, 2.75) is 19.9 Å². The summed E-state index contributed by atoms with van der Waals surface area (Å²) in [7, 11) is 1.91. The van der Waals surface area contributed by atoms with E-state index in [2.05, 4.69) is 55.2 Å². The highest BCUT2D eigenvalue weighted by atomic mass is 15.3. The fraction of sp³-hybridized carbons (Fsp3) is 0.333. The van der Waals surface area contributed by atoms with Crippen molar-refractivity contribution in [2.75, 3.05) is 13.1 Å². The summed E-state index contributed by atoms with van der Waals surface area (Å²) < 4.78 is 3.72. The molecule has 0 bridgehead atoms. The Morgan fingerprint density at radius 1 is 1.19 bits per heavy atom. The molecule has 8 heteroatoms. The van der Waals surface area contributed by atoms with E-state index in [1.54, 1.807) is 12.5 Å². The monoisotopic (exact) mass is 352 g/mol. The molecule has 0 fully saturated rings. The Morgan fingerprint density at radius 2 is 2.04 bits per heavy atom. The molecule has 0 saturated carbocycles. The van der Waals surface area contributed by atoms with Crippen LogP contribution in [0.15, 0.2) is 54.0 Å². The van der Waals surface area contributed by atoms with E-state index in [1.165, 1.54) is 5.56 Å². The summed E-state index contributed by atoms with van der Waals surface area (Å²) in [4.78, 5) is 4.56. The zero-order valence-corrected chi connectivity index (χ0v) is 15.1. The van der Waals surface area contributed by atoms with Crippen LogP contribution in [0.3, 0.4) is 0 Å². The number of hydrogen-bond donors (Lipinski definition) is 2. The Bertz CT molecular complexity index is 817. The lowest BCUT2D eigenvalue weighted by atomic mass is 10.1. The van der Waals surface area contributed by atoms with Gasteiger partial charge in [-0.05, 0) is 37.1 Å². The summed E-state index contributed by atoms with van der Waals surface area (Å²) in [5, 5.41) is 18.8. The van der Waals surface area contributed by atoms with Gasteiger partial charge in [0.25, 0.3) is 0 Å². The molecular weight excluding hydrogens is 328 g/mol. The van der Waals surface area contributed by atoms with Crippen LogP contribution in [-0.2, 0) is 20.0 Å². The molecule has 0 aliphatic carbocycles. The van der Waals surface area contributed by atoms with Gasteiger partial charge in [0.1, 0.15) is 12.9 Å². The molecular formula is C18H24N8. The van der Waals surface area contributed by atoms with E-state index >= 15 is 0 Å². The lowest BCUT2D eigenvalue weighted by Crippen LogP contribution is -2.38. The summed E-state index contributed by atoms with van der Waals surface area (Å²) >= 11 is 0. The van der Waals surface area contributed by atoms with Gasteiger partial charge in [0.05, 0.1) is 5.69 Å². The Hall–Kier alpha value is -3.16. The molecule has 2 aromatic heterocycles. The Kier molecular flexibility index (Phi) is 5.97. The molecule has 0 spiro atoms. The summed E-state index contributed by atoms with van der Waals surface area (Å²) in [6.45, 7) is 4.15. The normalized spacial score (nSPS) is 11.5. The lowest BCUT2D eigenvalue weighted by molar-refractivity contribution is 0.763. The maximum Gasteiger partial charge on any atom is 0.191 e. The molecule has 0 aliphatic rings. The summed E-state index contributed by atoms with van der Waals surface area (Å²) in [5.41, 5.74) is 2.32. The highest BCUT2D eigenvalue weighted by molar-refractivity contribution is 5.79. The first-order valence-corrected chi connectivity index (χ1v) is 8.70. The van der Waals surface area contributed by atoms with Crippen LogP contribution in [0.2, 0.25) is 0 Å². The number of hydrogen-bond acceptors (Lipinski definition) is 4. The van der Waals surface area contributed by atoms with E-state index in [4.69, 9.17) is 0 Å². The number of aromatic nitrogens is 5. The molecule has 0 atom stereocenters. The molecule has 0 saturated heterocycles. The van der Waals surface area contributed by atoms with Gasteiger partial charge in [-0.1, -0.05) is 12.1 Å². The van der Waals surface area contributed by atoms with Crippen molar-refractivity contribution in [1.29, 1.82) is 0 Å². The van der Waals surface area contributed by atoms with Gasteiger partial charge in [-0.15, -0.1) is 10.2 Å². The molecule has 26 heavy (non-hydrogen) atoms. The fourth-order valence-electron chi connectivity index (χ4n) is 2.50. The van der Waals surface area contributed by atoms with Gasteiger partial charge in [-0.2, -0.15) is 5.10 Å². The van der Waals surface area contributed by atoms with Crippen LogP contribution >= 0.6 is 0 Å². The van der Waals surface area contributed by atoms with Crippen LogP contribution < -0.4 is 10.6 Å². The van der Waals surface area contributed by atoms with Crippen LogP contribution in [0.4, 0.5) is 0 Å². The minimum atomic E-state index is 0.490. The quantitative estimate of drug-likeness (QED) is 0.494. The van der Waals surface area contributed by atoms with Crippen LogP contribution in [0, 0.1) is 0 Å². The topological polar surface area (TPSA) is 85.0 Å². The molecule has 0 radical (unpaired) electrons. The fourth-order valence-corrected chi connectivity index (χ4v) is 2.50. The largest absolute Gasteiger partial charge is 0.357 e. The van der Waals surface area contributed by atoms with Gasteiger partial charge < -0.3 is 15.2 Å². The van der Waals surface area contributed by atoms with Crippen molar-refractivity contribution in [1.82, 2.24) is 35.2 Å². The molecule has 3 rings (SSSR count). The van der Waals surface area contributed by atoms with E-state index in [0.717, 1.165) is 37.0 Å². The minimum absolute atomic E-state index is 0.490. The molecule has 0 amide bonds. The lowest BCUT2D eigenvalue weighted by Gasteiger charge is -2.11. The minimum Gasteiger partial charge on any atom is -0.357 e. The standard InChI is InChI=1S/C18H24N8/c1-3-19-18(21-13-17-24-22-14-25(17)2)20-11-9-15-5-7-16(8-6-15)26-12-4-10-23-26/h4-8,10,12,14H,3,9,11,13H2,1-2H3,(H2,19,20,21). The number of rotatable bonds is 7. The van der Waals surface area contributed by atoms with E-state index < -0.39 is 0 Å². The molecule has 136 valence electrons.